The minimum absolute atomic E-state index is 0.187. The summed E-state index contributed by atoms with van der Waals surface area (Å²) >= 11 is 1.38. The van der Waals surface area contributed by atoms with E-state index in [1.54, 1.807) is 10.7 Å². The molecule has 1 aliphatic heterocycles. The fourth-order valence-corrected chi connectivity index (χ4v) is 4.90. The van der Waals surface area contributed by atoms with Gasteiger partial charge in [0.15, 0.2) is 10.6 Å². The van der Waals surface area contributed by atoms with Crippen LogP contribution in [0.15, 0.2) is 29.3 Å². The number of rotatable bonds is 2. The molecular formula is C19H19FN6OS. The lowest BCUT2D eigenvalue weighted by atomic mass is 9.95. The molecule has 1 aliphatic rings. The fourth-order valence-electron chi connectivity index (χ4n) is 3.73. The van der Waals surface area contributed by atoms with Gasteiger partial charge >= 0.3 is 0 Å². The van der Waals surface area contributed by atoms with Crippen LogP contribution in [-0.4, -0.2) is 43.2 Å². The normalized spacial score (nSPS) is 20.2. The molecule has 0 aromatic carbocycles. The average Bonchev–Trinajstić information content (AvgIpc) is 3.25. The highest BCUT2D eigenvalue weighted by atomic mass is 32.1. The molecule has 4 aromatic heterocycles. The Labute approximate surface area is 163 Å². The van der Waals surface area contributed by atoms with E-state index in [9.17, 15) is 9.18 Å². The smallest absolute Gasteiger partial charge is 0.259 e. The van der Waals surface area contributed by atoms with E-state index in [1.165, 1.54) is 21.8 Å². The predicted molar refractivity (Wildman–Crippen MR) is 106 cm³/mol. The molecule has 0 saturated carbocycles. The van der Waals surface area contributed by atoms with Gasteiger partial charge in [-0.3, -0.25) is 9.20 Å². The van der Waals surface area contributed by atoms with Gasteiger partial charge < -0.3 is 5.32 Å². The molecule has 5 rings (SSSR count). The molecule has 0 spiro atoms. The Bertz CT molecular complexity index is 1260. The van der Waals surface area contributed by atoms with Crippen LogP contribution in [0.3, 0.4) is 0 Å². The van der Waals surface area contributed by atoms with Crippen molar-refractivity contribution < 1.29 is 4.39 Å². The fraction of sp³-hybridized carbons (Fsp3) is 0.368. The van der Waals surface area contributed by atoms with Crippen LogP contribution in [0.25, 0.3) is 22.0 Å². The number of fused-ring (bicyclic) bond motifs is 2. The Kier molecular flexibility index (Phi) is 4.02. The van der Waals surface area contributed by atoms with E-state index in [4.69, 9.17) is 0 Å². The Hall–Kier alpha value is -2.65. The second-order valence-electron chi connectivity index (χ2n) is 7.24. The summed E-state index contributed by atoms with van der Waals surface area (Å²) in [7, 11) is 0. The molecule has 28 heavy (non-hydrogen) atoms. The van der Waals surface area contributed by atoms with Crippen LogP contribution in [0.2, 0.25) is 0 Å². The van der Waals surface area contributed by atoms with Crippen molar-refractivity contribution in [3.63, 3.8) is 0 Å². The molecule has 1 saturated heterocycles. The van der Waals surface area contributed by atoms with Crippen molar-refractivity contribution in [1.82, 2.24) is 29.3 Å². The van der Waals surface area contributed by atoms with Crippen LogP contribution >= 0.6 is 11.3 Å². The average molecular weight is 398 g/mol. The summed E-state index contributed by atoms with van der Waals surface area (Å²) in [4.78, 5) is 23.2. The third kappa shape index (κ3) is 2.82. The highest BCUT2D eigenvalue weighted by Crippen LogP contribution is 2.32. The molecule has 1 N–H and O–H groups in total. The number of halogens is 1. The third-order valence-corrected chi connectivity index (χ3v) is 6.27. The largest absolute Gasteiger partial charge is 0.314 e. The predicted octanol–water partition coefficient (Wildman–Crippen LogP) is 2.50. The van der Waals surface area contributed by atoms with Gasteiger partial charge in [0.25, 0.3) is 5.56 Å². The molecule has 0 unspecified atom stereocenters. The Morgan fingerprint density at radius 3 is 2.89 bits per heavy atom. The lowest BCUT2D eigenvalue weighted by molar-refractivity contribution is 0.233. The van der Waals surface area contributed by atoms with Crippen LogP contribution in [0.4, 0.5) is 4.39 Å². The number of piperidine rings is 1. The van der Waals surface area contributed by atoms with E-state index in [1.807, 2.05) is 26.1 Å². The summed E-state index contributed by atoms with van der Waals surface area (Å²) in [6, 6.07) is 3.37. The Morgan fingerprint density at radius 2 is 2.07 bits per heavy atom. The zero-order chi connectivity index (χ0) is 19.4. The first-order chi connectivity index (χ1) is 13.5. The summed E-state index contributed by atoms with van der Waals surface area (Å²) in [5, 5.41) is 7.62. The van der Waals surface area contributed by atoms with Crippen molar-refractivity contribution in [2.75, 3.05) is 13.1 Å². The first kappa shape index (κ1) is 17.4. The maximum absolute atomic E-state index is 14.3. The Balaban J connectivity index is 1.62. The van der Waals surface area contributed by atoms with Crippen LogP contribution in [0.5, 0.6) is 0 Å². The van der Waals surface area contributed by atoms with Crippen molar-refractivity contribution in [3.8, 4) is 11.4 Å². The number of imidazole rings is 1. The number of aromatic nitrogens is 5. The molecule has 0 aliphatic carbocycles. The first-order valence-corrected chi connectivity index (χ1v) is 10.0. The minimum atomic E-state index is -0.951. The van der Waals surface area contributed by atoms with Crippen molar-refractivity contribution in [2.24, 2.45) is 0 Å². The van der Waals surface area contributed by atoms with Crippen molar-refractivity contribution >= 4 is 21.9 Å². The number of aryl methyl sites for hydroxylation is 2. The molecule has 9 heteroatoms. The van der Waals surface area contributed by atoms with Crippen molar-refractivity contribution in [1.29, 1.82) is 0 Å². The van der Waals surface area contributed by atoms with Crippen LogP contribution < -0.4 is 10.9 Å². The zero-order valence-corrected chi connectivity index (χ0v) is 16.3. The zero-order valence-electron chi connectivity index (χ0n) is 15.5. The molecular weight excluding hydrogens is 379 g/mol. The number of hydrogen-bond acceptors (Lipinski definition) is 6. The van der Waals surface area contributed by atoms with E-state index in [0.717, 1.165) is 28.3 Å². The standard InChI is InChI=1S/C19H19FN6OS/c1-10-5-15(24-26-8-11(2)22-18(10)26)14-6-17(27)25-9-16(28-19(25)23-14)12-3-4-21-7-13(12)20/h5-6,8-9,12-13,21H,3-4,7H2,1-2H3/t12-,13+/m1/s1. The third-order valence-electron chi connectivity index (χ3n) is 5.15. The van der Waals surface area contributed by atoms with Crippen LogP contribution in [0.1, 0.15) is 28.5 Å². The summed E-state index contributed by atoms with van der Waals surface area (Å²) in [6.07, 6.45) is 3.35. The van der Waals surface area contributed by atoms with Crippen LogP contribution in [0, 0.1) is 13.8 Å². The topological polar surface area (TPSA) is 76.6 Å². The SMILES string of the molecule is Cc1cn2nc(-c3cc(=O)n4cc([C@@H]5CCNC[C@@H]5F)sc4n3)cc(C)c2n1. The molecule has 5 heterocycles. The summed E-state index contributed by atoms with van der Waals surface area (Å²) in [5.41, 5.74) is 3.56. The molecule has 144 valence electrons. The lowest BCUT2D eigenvalue weighted by Crippen LogP contribution is -2.36. The maximum atomic E-state index is 14.3. The van der Waals surface area contributed by atoms with Gasteiger partial charge in [0.05, 0.1) is 17.6 Å². The number of thiazole rings is 1. The monoisotopic (exact) mass is 398 g/mol. The minimum Gasteiger partial charge on any atom is -0.314 e. The van der Waals surface area contributed by atoms with Gasteiger partial charge in [-0.15, -0.1) is 11.3 Å². The van der Waals surface area contributed by atoms with Gasteiger partial charge in [0.1, 0.15) is 11.9 Å². The number of alkyl halides is 1. The van der Waals surface area contributed by atoms with Gasteiger partial charge in [0, 0.05) is 29.6 Å². The van der Waals surface area contributed by atoms with Gasteiger partial charge in [-0.1, -0.05) is 0 Å². The molecule has 2 atom stereocenters. The van der Waals surface area contributed by atoms with Gasteiger partial charge in [-0.05, 0) is 38.4 Å². The van der Waals surface area contributed by atoms with Gasteiger partial charge in [0.2, 0.25) is 0 Å². The van der Waals surface area contributed by atoms with Gasteiger partial charge in [-0.25, -0.2) is 18.9 Å². The van der Waals surface area contributed by atoms with E-state index >= 15 is 0 Å². The number of nitrogens with one attached hydrogen (secondary N) is 1. The van der Waals surface area contributed by atoms with E-state index < -0.39 is 6.17 Å². The summed E-state index contributed by atoms with van der Waals surface area (Å²) < 4.78 is 17.5. The summed E-state index contributed by atoms with van der Waals surface area (Å²) in [6.45, 7) is 5.00. The maximum Gasteiger partial charge on any atom is 0.259 e. The van der Waals surface area contributed by atoms with E-state index in [0.29, 0.717) is 29.3 Å². The number of nitrogens with zero attached hydrogens (tertiary/aromatic N) is 5. The molecule has 0 amide bonds. The number of hydrogen-bond donors (Lipinski definition) is 1. The lowest BCUT2D eigenvalue weighted by Gasteiger charge is -2.25. The van der Waals surface area contributed by atoms with Crippen LogP contribution in [-0.2, 0) is 0 Å². The van der Waals surface area contributed by atoms with Crippen molar-refractivity contribution in [2.45, 2.75) is 32.4 Å². The second-order valence-corrected chi connectivity index (χ2v) is 8.28. The molecule has 0 bridgehead atoms. The summed E-state index contributed by atoms with van der Waals surface area (Å²) in [5.74, 6) is -0.193. The quantitative estimate of drug-likeness (QED) is 0.561. The van der Waals surface area contributed by atoms with E-state index in [2.05, 4.69) is 20.4 Å². The highest BCUT2D eigenvalue weighted by molar-refractivity contribution is 7.17. The molecule has 0 radical (unpaired) electrons. The second kappa shape index (κ2) is 6.46. The molecule has 1 fully saturated rings. The van der Waals surface area contributed by atoms with E-state index in [-0.39, 0.29) is 11.5 Å². The van der Waals surface area contributed by atoms with Crippen molar-refractivity contribution in [3.05, 3.63) is 51.0 Å². The highest BCUT2D eigenvalue weighted by Gasteiger charge is 2.28. The first-order valence-electron chi connectivity index (χ1n) is 9.21. The molecule has 4 aromatic rings. The Morgan fingerprint density at radius 1 is 1.21 bits per heavy atom. The van der Waals surface area contributed by atoms with Gasteiger partial charge in [-0.2, -0.15) is 5.10 Å². The molecule has 7 nitrogen and oxygen atoms in total.